The highest BCUT2D eigenvalue weighted by molar-refractivity contribution is 7.09. The van der Waals surface area contributed by atoms with Gasteiger partial charge in [-0.25, -0.2) is 4.98 Å². The summed E-state index contributed by atoms with van der Waals surface area (Å²) in [5, 5.41) is 3.77. The van der Waals surface area contributed by atoms with Crippen LogP contribution in [0.3, 0.4) is 0 Å². The Morgan fingerprint density at radius 3 is 2.94 bits per heavy atom. The van der Waals surface area contributed by atoms with Crippen molar-refractivity contribution in [3.05, 3.63) is 16.1 Å². The lowest BCUT2D eigenvalue weighted by Crippen LogP contribution is -2.31. The van der Waals surface area contributed by atoms with Crippen molar-refractivity contribution < 1.29 is 0 Å². The van der Waals surface area contributed by atoms with E-state index in [2.05, 4.69) is 31.1 Å². The van der Waals surface area contributed by atoms with Gasteiger partial charge in [0.15, 0.2) is 0 Å². The lowest BCUT2D eigenvalue weighted by atomic mass is 9.78. The van der Waals surface area contributed by atoms with Crippen molar-refractivity contribution in [2.75, 3.05) is 6.54 Å². The largest absolute Gasteiger partial charge is 0.309 e. The van der Waals surface area contributed by atoms with E-state index >= 15 is 0 Å². The van der Waals surface area contributed by atoms with Gasteiger partial charge in [0.05, 0.1) is 11.2 Å². The Morgan fingerprint density at radius 2 is 2.33 bits per heavy atom. The van der Waals surface area contributed by atoms with Gasteiger partial charge in [-0.05, 0) is 44.6 Å². The molecule has 1 fully saturated rings. The molecule has 2 nitrogen and oxygen atoms in total. The van der Waals surface area contributed by atoms with Gasteiger partial charge < -0.3 is 5.32 Å². The summed E-state index contributed by atoms with van der Waals surface area (Å²) in [6.07, 6.45) is 6.77. The van der Waals surface area contributed by atoms with Gasteiger partial charge in [-0.2, -0.15) is 0 Å². The van der Waals surface area contributed by atoms with Crippen LogP contribution in [0.15, 0.2) is 5.51 Å². The summed E-state index contributed by atoms with van der Waals surface area (Å²) in [7, 11) is 0. The molecule has 3 heteroatoms. The summed E-state index contributed by atoms with van der Waals surface area (Å²) >= 11 is 1.83. The second-order valence-electron chi connectivity index (χ2n) is 5.77. The fourth-order valence-corrected chi connectivity index (χ4v) is 4.14. The zero-order valence-electron chi connectivity index (χ0n) is 11.9. The quantitative estimate of drug-likeness (QED) is 0.858. The van der Waals surface area contributed by atoms with Crippen molar-refractivity contribution in [3.63, 3.8) is 0 Å². The third-order valence-electron chi connectivity index (χ3n) is 4.13. The molecule has 0 spiro atoms. The van der Waals surface area contributed by atoms with E-state index < -0.39 is 0 Å². The monoisotopic (exact) mass is 266 g/mol. The SMILES string of the molecule is CCCNC(c1scnc1C)C1CCCC(C)C1. The number of hydrogen-bond donors (Lipinski definition) is 1. The number of aryl methyl sites for hydroxylation is 1. The fourth-order valence-electron chi connectivity index (χ4n) is 3.17. The van der Waals surface area contributed by atoms with Crippen LogP contribution < -0.4 is 5.32 Å². The third kappa shape index (κ3) is 3.33. The summed E-state index contributed by atoms with van der Waals surface area (Å²) in [4.78, 5) is 5.91. The molecule has 1 saturated carbocycles. The maximum Gasteiger partial charge on any atom is 0.0798 e. The molecule has 1 aromatic rings. The molecule has 1 aliphatic carbocycles. The van der Waals surface area contributed by atoms with E-state index in [0.717, 1.165) is 18.4 Å². The van der Waals surface area contributed by atoms with E-state index in [4.69, 9.17) is 0 Å². The summed E-state index contributed by atoms with van der Waals surface area (Å²) < 4.78 is 0. The molecule has 0 saturated heterocycles. The lowest BCUT2D eigenvalue weighted by molar-refractivity contribution is 0.225. The molecule has 0 bridgehead atoms. The molecule has 0 aromatic carbocycles. The Hall–Kier alpha value is -0.410. The Kier molecular flexibility index (Phi) is 5.19. The van der Waals surface area contributed by atoms with Crippen molar-refractivity contribution in [1.29, 1.82) is 0 Å². The van der Waals surface area contributed by atoms with Gasteiger partial charge in [0.25, 0.3) is 0 Å². The van der Waals surface area contributed by atoms with Gasteiger partial charge in [0, 0.05) is 10.9 Å². The van der Waals surface area contributed by atoms with Crippen molar-refractivity contribution in [2.45, 2.75) is 58.9 Å². The lowest BCUT2D eigenvalue weighted by Gasteiger charge is -2.33. The van der Waals surface area contributed by atoms with Crippen LogP contribution in [-0.2, 0) is 0 Å². The highest BCUT2D eigenvalue weighted by Gasteiger charge is 2.29. The van der Waals surface area contributed by atoms with Gasteiger partial charge in [-0.1, -0.05) is 26.7 Å². The van der Waals surface area contributed by atoms with E-state index in [1.165, 1.54) is 42.7 Å². The minimum Gasteiger partial charge on any atom is -0.309 e. The fraction of sp³-hybridized carbons (Fsp3) is 0.800. The van der Waals surface area contributed by atoms with E-state index in [0.29, 0.717) is 6.04 Å². The molecule has 3 unspecified atom stereocenters. The van der Waals surface area contributed by atoms with Crippen LogP contribution in [0.4, 0.5) is 0 Å². The number of rotatable bonds is 5. The van der Waals surface area contributed by atoms with Crippen LogP contribution in [-0.4, -0.2) is 11.5 Å². The first-order valence-electron chi connectivity index (χ1n) is 7.35. The number of nitrogens with zero attached hydrogens (tertiary/aromatic N) is 1. The van der Waals surface area contributed by atoms with Crippen LogP contribution in [0.5, 0.6) is 0 Å². The molecule has 0 aliphatic heterocycles. The van der Waals surface area contributed by atoms with Crippen LogP contribution in [0, 0.1) is 18.8 Å². The van der Waals surface area contributed by atoms with E-state index in [1.807, 2.05) is 16.8 Å². The minimum atomic E-state index is 0.542. The van der Waals surface area contributed by atoms with E-state index in [9.17, 15) is 0 Å². The highest BCUT2D eigenvalue weighted by atomic mass is 32.1. The highest BCUT2D eigenvalue weighted by Crippen LogP contribution is 2.39. The molecule has 1 N–H and O–H groups in total. The molecular weight excluding hydrogens is 240 g/mol. The first kappa shape index (κ1) is 14.0. The predicted octanol–water partition coefficient (Wildman–Crippen LogP) is 4.32. The predicted molar refractivity (Wildman–Crippen MR) is 79.0 cm³/mol. The molecule has 2 rings (SSSR count). The third-order valence-corrected chi connectivity index (χ3v) is 5.14. The minimum absolute atomic E-state index is 0.542. The standard InChI is InChI=1S/C15H26N2S/c1-4-8-16-14(15-12(3)17-10-18-15)13-7-5-6-11(2)9-13/h10-11,13-14,16H,4-9H2,1-3H3. The number of thiazole rings is 1. The second-order valence-corrected chi connectivity index (χ2v) is 6.65. The summed E-state index contributed by atoms with van der Waals surface area (Å²) in [5.74, 6) is 1.70. The van der Waals surface area contributed by atoms with Gasteiger partial charge in [-0.15, -0.1) is 11.3 Å². The van der Waals surface area contributed by atoms with Crippen molar-refractivity contribution in [1.82, 2.24) is 10.3 Å². The summed E-state index contributed by atoms with van der Waals surface area (Å²) in [5.41, 5.74) is 3.23. The average molecular weight is 266 g/mol. The molecule has 18 heavy (non-hydrogen) atoms. The zero-order valence-corrected chi connectivity index (χ0v) is 12.7. The maximum atomic E-state index is 4.44. The topological polar surface area (TPSA) is 24.9 Å². The van der Waals surface area contributed by atoms with Gasteiger partial charge in [0.1, 0.15) is 0 Å². The average Bonchev–Trinajstić information content (AvgIpc) is 2.77. The smallest absolute Gasteiger partial charge is 0.0798 e. The Bertz CT molecular complexity index is 361. The number of aromatic nitrogens is 1. The summed E-state index contributed by atoms with van der Waals surface area (Å²) in [6.45, 7) is 7.92. The molecule has 1 aliphatic rings. The first-order chi connectivity index (χ1) is 8.72. The molecule has 102 valence electrons. The van der Waals surface area contributed by atoms with Crippen LogP contribution in [0.2, 0.25) is 0 Å². The van der Waals surface area contributed by atoms with Crippen LogP contribution in [0.25, 0.3) is 0 Å². The van der Waals surface area contributed by atoms with Crippen LogP contribution in [0.1, 0.15) is 62.6 Å². The number of nitrogens with one attached hydrogen (secondary N) is 1. The van der Waals surface area contributed by atoms with Crippen LogP contribution >= 0.6 is 11.3 Å². The van der Waals surface area contributed by atoms with Crippen molar-refractivity contribution in [2.24, 2.45) is 11.8 Å². The molecule has 1 heterocycles. The van der Waals surface area contributed by atoms with Gasteiger partial charge in [0.2, 0.25) is 0 Å². The van der Waals surface area contributed by atoms with Gasteiger partial charge >= 0.3 is 0 Å². The Morgan fingerprint density at radius 1 is 1.50 bits per heavy atom. The molecule has 0 amide bonds. The second kappa shape index (κ2) is 6.67. The molecule has 1 aromatic heterocycles. The summed E-state index contributed by atoms with van der Waals surface area (Å²) in [6, 6.07) is 0.542. The normalized spacial score (nSPS) is 26.2. The molecular formula is C15H26N2S. The van der Waals surface area contributed by atoms with Gasteiger partial charge in [-0.3, -0.25) is 0 Å². The Balaban J connectivity index is 2.11. The zero-order chi connectivity index (χ0) is 13.0. The van der Waals surface area contributed by atoms with E-state index in [-0.39, 0.29) is 0 Å². The maximum absolute atomic E-state index is 4.44. The van der Waals surface area contributed by atoms with Crippen molar-refractivity contribution in [3.8, 4) is 0 Å². The first-order valence-corrected chi connectivity index (χ1v) is 8.23. The Labute approximate surface area is 115 Å². The van der Waals surface area contributed by atoms with Crippen molar-refractivity contribution >= 4 is 11.3 Å². The molecule has 0 radical (unpaired) electrons. The molecule has 3 atom stereocenters. The number of hydrogen-bond acceptors (Lipinski definition) is 3. The van der Waals surface area contributed by atoms with E-state index in [1.54, 1.807) is 0 Å².